The van der Waals surface area contributed by atoms with Crippen molar-refractivity contribution in [2.75, 3.05) is 30.3 Å². The second-order valence-corrected chi connectivity index (χ2v) is 4.43. The summed E-state index contributed by atoms with van der Waals surface area (Å²) >= 11 is 0. The van der Waals surface area contributed by atoms with Crippen molar-refractivity contribution in [2.45, 2.75) is 40.5 Å². The Bertz CT molecular complexity index is 381. The number of hydrogen-bond acceptors (Lipinski definition) is 6. The molecule has 0 aliphatic rings. The van der Waals surface area contributed by atoms with Crippen LogP contribution < -0.4 is 15.4 Å². The zero-order valence-corrected chi connectivity index (χ0v) is 12.4. The van der Waals surface area contributed by atoms with Gasteiger partial charge in [0.15, 0.2) is 0 Å². The molecule has 0 radical (unpaired) electrons. The van der Waals surface area contributed by atoms with Gasteiger partial charge in [0.1, 0.15) is 0 Å². The van der Waals surface area contributed by atoms with Crippen LogP contribution in [0.3, 0.4) is 0 Å². The third-order valence-corrected chi connectivity index (χ3v) is 3.19. The van der Waals surface area contributed by atoms with Crippen molar-refractivity contribution in [3.8, 4) is 6.01 Å². The molecule has 1 rings (SSSR count). The first-order chi connectivity index (χ1) is 9.14. The number of rotatable bonds is 8. The van der Waals surface area contributed by atoms with Crippen LogP contribution in [0.1, 0.15) is 40.5 Å². The van der Waals surface area contributed by atoms with Crippen molar-refractivity contribution in [1.82, 2.24) is 15.0 Å². The first-order valence-electron chi connectivity index (χ1n) is 7.03. The Balaban J connectivity index is 2.90. The molecule has 2 N–H and O–H groups in total. The monoisotopic (exact) mass is 267 g/mol. The first-order valence-corrected chi connectivity index (χ1v) is 7.03. The minimum absolute atomic E-state index is 0.205. The zero-order chi connectivity index (χ0) is 14.3. The third-order valence-electron chi connectivity index (χ3n) is 3.19. The van der Waals surface area contributed by atoms with Gasteiger partial charge in [0.25, 0.3) is 0 Å². The average Bonchev–Trinajstić information content (AvgIpc) is 2.40. The Labute approximate surface area is 115 Å². The van der Waals surface area contributed by atoms with Crippen molar-refractivity contribution in [1.29, 1.82) is 0 Å². The predicted octanol–water partition coefficient (Wildman–Crippen LogP) is 2.11. The lowest BCUT2D eigenvalue weighted by Gasteiger charge is -2.25. The largest absolute Gasteiger partial charge is 0.464 e. The molecule has 0 atom stereocenters. The SMILES string of the molecule is CCOc1nc(N)nc(N(CC)CC(CC)CC)n1. The van der Waals surface area contributed by atoms with Gasteiger partial charge in [0.05, 0.1) is 6.61 Å². The van der Waals surface area contributed by atoms with Crippen LogP contribution in [0.5, 0.6) is 6.01 Å². The maximum atomic E-state index is 5.71. The predicted molar refractivity (Wildman–Crippen MR) is 77.4 cm³/mol. The van der Waals surface area contributed by atoms with Crippen molar-refractivity contribution in [3.05, 3.63) is 0 Å². The summed E-state index contributed by atoms with van der Waals surface area (Å²) in [6, 6.07) is 0.299. The quantitative estimate of drug-likeness (QED) is 0.777. The lowest BCUT2D eigenvalue weighted by molar-refractivity contribution is 0.312. The molecule has 0 aliphatic heterocycles. The number of aromatic nitrogens is 3. The van der Waals surface area contributed by atoms with Gasteiger partial charge in [-0.2, -0.15) is 15.0 Å². The van der Waals surface area contributed by atoms with Crippen LogP contribution in [0.2, 0.25) is 0 Å². The van der Waals surface area contributed by atoms with Crippen LogP contribution in [0, 0.1) is 5.92 Å². The Morgan fingerprint density at radius 3 is 2.32 bits per heavy atom. The second kappa shape index (κ2) is 7.76. The smallest absolute Gasteiger partial charge is 0.323 e. The average molecular weight is 267 g/mol. The Morgan fingerprint density at radius 1 is 1.11 bits per heavy atom. The van der Waals surface area contributed by atoms with Crippen LogP contribution in [-0.2, 0) is 0 Å². The number of hydrogen-bond donors (Lipinski definition) is 1. The van der Waals surface area contributed by atoms with Gasteiger partial charge in [-0.1, -0.05) is 26.7 Å². The lowest BCUT2D eigenvalue weighted by atomic mass is 10.0. The van der Waals surface area contributed by atoms with E-state index in [2.05, 4.69) is 40.6 Å². The number of nitrogens with two attached hydrogens (primary N) is 1. The second-order valence-electron chi connectivity index (χ2n) is 4.43. The molecule has 19 heavy (non-hydrogen) atoms. The van der Waals surface area contributed by atoms with E-state index < -0.39 is 0 Å². The Hall–Kier alpha value is -1.59. The van der Waals surface area contributed by atoms with E-state index in [4.69, 9.17) is 10.5 Å². The third kappa shape index (κ3) is 4.54. The van der Waals surface area contributed by atoms with Gasteiger partial charge in [-0.25, -0.2) is 0 Å². The topological polar surface area (TPSA) is 77.2 Å². The molecule has 6 nitrogen and oxygen atoms in total. The van der Waals surface area contributed by atoms with Crippen molar-refractivity contribution < 1.29 is 4.74 Å². The highest BCUT2D eigenvalue weighted by Gasteiger charge is 2.15. The molecule has 1 heterocycles. The molecule has 0 spiro atoms. The molecule has 0 unspecified atom stereocenters. The summed E-state index contributed by atoms with van der Waals surface area (Å²) in [6.07, 6.45) is 2.29. The van der Waals surface area contributed by atoms with E-state index in [1.165, 1.54) is 0 Å². The summed E-state index contributed by atoms with van der Waals surface area (Å²) < 4.78 is 5.31. The van der Waals surface area contributed by atoms with Gasteiger partial charge in [-0.05, 0) is 19.8 Å². The molecule has 0 bridgehead atoms. The molecular formula is C13H25N5O. The van der Waals surface area contributed by atoms with Crippen molar-refractivity contribution in [3.63, 3.8) is 0 Å². The summed E-state index contributed by atoms with van der Waals surface area (Å²) in [5.41, 5.74) is 5.71. The molecule has 0 saturated carbocycles. The van der Waals surface area contributed by atoms with E-state index in [9.17, 15) is 0 Å². The van der Waals surface area contributed by atoms with E-state index in [1.807, 2.05) is 6.92 Å². The molecule has 108 valence electrons. The number of nitrogen functional groups attached to an aromatic ring is 1. The summed E-state index contributed by atoms with van der Waals surface area (Å²) in [5.74, 6) is 1.44. The van der Waals surface area contributed by atoms with Crippen LogP contribution in [0.25, 0.3) is 0 Å². The highest BCUT2D eigenvalue weighted by atomic mass is 16.5. The van der Waals surface area contributed by atoms with Crippen LogP contribution in [0.15, 0.2) is 0 Å². The summed E-state index contributed by atoms with van der Waals surface area (Å²) in [4.78, 5) is 14.6. The normalized spacial score (nSPS) is 10.8. The standard InChI is InChI=1S/C13H25N5O/c1-5-10(6-2)9-18(7-3)12-15-11(14)16-13(17-12)19-8-4/h10H,5-9H2,1-4H3,(H2,14,15,16,17). The van der Waals surface area contributed by atoms with Crippen molar-refractivity contribution in [2.24, 2.45) is 5.92 Å². The molecule has 6 heteroatoms. The molecule has 1 aromatic heterocycles. The number of ether oxygens (including phenoxy) is 1. The van der Waals surface area contributed by atoms with Gasteiger partial charge >= 0.3 is 6.01 Å². The van der Waals surface area contributed by atoms with Gasteiger partial charge in [0, 0.05) is 13.1 Å². The first kappa shape index (κ1) is 15.5. The van der Waals surface area contributed by atoms with E-state index in [-0.39, 0.29) is 5.95 Å². The zero-order valence-electron chi connectivity index (χ0n) is 12.4. The molecule has 0 aliphatic carbocycles. The Kier molecular flexibility index (Phi) is 6.32. The fourth-order valence-corrected chi connectivity index (χ4v) is 1.91. The number of nitrogens with zero attached hydrogens (tertiary/aromatic N) is 4. The maximum absolute atomic E-state index is 5.71. The molecule has 0 amide bonds. The van der Waals surface area contributed by atoms with Crippen LogP contribution >= 0.6 is 0 Å². The highest BCUT2D eigenvalue weighted by molar-refractivity contribution is 5.35. The number of anilines is 2. The minimum Gasteiger partial charge on any atom is -0.464 e. The van der Waals surface area contributed by atoms with Gasteiger partial charge in [0.2, 0.25) is 11.9 Å². The molecular weight excluding hydrogens is 242 g/mol. The summed E-state index contributed by atoms with van der Waals surface area (Å²) in [6.45, 7) is 10.7. The van der Waals surface area contributed by atoms with Crippen molar-refractivity contribution >= 4 is 11.9 Å². The fraction of sp³-hybridized carbons (Fsp3) is 0.769. The minimum atomic E-state index is 0.205. The van der Waals surface area contributed by atoms with Gasteiger partial charge < -0.3 is 15.4 Å². The van der Waals surface area contributed by atoms with E-state index in [1.54, 1.807) is 0 Å². The Morgan fingerprint density at radius 2 is 1.79 bits per heavy atom. The maximum Gasteiger partial charge on any atom is 0.323 e. The fourth-order valence-electron chi connectivity index (χ4n) is 1.91. The molecule has 0 fully saturated rings. The molecule has 1 aromatic rings. The summed E-state index contributed by atoms with van der Waals surface area (Å²) in [5, 5.41) is 0. The van der Waals surface area contributed by atoms with E-state index >= 15 is 0 Å². The van der Waals surface area contributed by atoms with Crippen LogP contribution in [0.4, 0.5) is 11.9 Å². The highest BCUT2D eigenvalue weighted by Crippen LogP contribution is 2.17. The van der Waals surface area contributed by atoms with E-state index in [0.717, 1.165) is 25.9 Å². The van der Waals surface area contributed by atoms with E-state index in [0.29, 0.717) is 24.5 Å². The molecule has 0 aromatic carbocycles. The van der Waals surface area contributed by atoms with Gasteiger partial charge in [-0.3, -0.25) is 0 Å². The summed E-state index contributed by atoms with van der Waals surface area (Å²) in [7, 11) is 0. The van der Waals surface area contributed by atoms with Crippen LogP contribution in [-0.4, -0.2) is 34.6 Å². The molecule has 0 saturated heterocycles. The lowest BCUT2D eigenvalue weighted by Crippen LogP contribution is -2.31. The van der Waals surface area contributed by atoms with Gasteiger partial charge in [-0.15, -0.1) is 0 Å².